The molecule has 0 saturated carbocycles. The Hall–Kier alpha value is -8.28. The molecular formula is C65H40N2S2. The van der Waals surface area contributed by atoms with E-state index in [1.54, 1.807) is 0 Å². The Morgan fingerprint density at radius 1 is 0.304 bits per heavy atom. The molecule has 69 heavy (non-hydrogen) atoms. The molecular weight excluding hydrogens is 873 g/mol. The van der Waals surface area contributed by atoms with Crippen molar-refractivity contribution in [3.63, 3.8) is 0 Å². The van der Waals surface area contributed by atoms with E-state index in [-0.39, 0.29) is 0 Å². The van der Waals surface area contributed by atoms with E-state index >= 15 is 0 Å². The van der Waals surface area contributed by atoms with Crippen molar-refractivity contribution < 1.29 is 0 Å². The molecule has 2 heterocycles. The van der Waals surface area contributed by atoms with Crippen LogP contribution in [0.4, 0.5) is 34.1 Å². The van der Waals surface area contributed by atoms with E-state index < -0.39 is 5.41 Å². The third-order valence-corrected chi connectivity index (χ3v) is 17.1. The van der Waals surface area contributed by atoms with Crippen molar-refractivity contribution in [1.82, 2.24) is 0 Å². The Balaban J connectivity index is 1.14. The first kappa shape index (κ1) is 38.8. The number of hydrogen-bond donors (Lipinski definition) is 0. The molecule has 1 spiro atoms. The highest BCUT2D eigenvalue weighted by molar-refractivity contribution is 7.27. The van der Waals surface area contributed by atoms with Crippen LogP contribution in [0.3, 0.4) is 0 Å². The Kier molecular flexibility index (Phi) is 8.35. The van der Waals surface area contributed by atoms with Crippen LogP contribution >= 0.6 is 22.7 Å². The predicted molar refractivity (Wildman–Crippen MR) is 295 cm³/mol. The van der Waals surface area contributed by atoms with Crippen LogP contribution < -0.4 is 9.80 Å². The summed E-state index contributed by atoms with van der Waals surface area (Å²) in [4.78, 5) is 4.89. The van der Waals surface area contributed by atoms with Gasteiger partial charge in [-0.25, -0.2) is 0 Å². The Morgan fingerprint density at radius 3 is 1.57 bits per heavy atom. The molecule has 322 valence electrons. The maximum absolute atomic E-state index is 2.61. The molecule has 2 aromatic heterocycles. The minimum Gasteiger partial charge on any atom is -0.310 e. The fourth-order valence-electron chi connectivity index (χ4n) is 12.1. The number of benzene rings is 11. The molecule has 0 bridgehead atoms. The molecule has 1 unspecified atom stereocenters. The van der Waals surface area contributed by atoms with Crippen molar-refractivity contribution in [3.8, 4) is 22.3 Å². The number of fused-ring (bicyclic) bond motifs is 20. The summed E-state index contributed by atoms with van der Waals surface area (Å²) < 4.78 is 5.15. The average molecular weight is 913 g/mol. The van der Waals surface area contributed by atoms with Crippen LogP contribution in [0.1, 0.15) is 22.3 Å². The van der Waals surface area contributed by atoms with Crippen molar-refractivity contribution in [3.05, 3.63) is 265 Å². The van der Waals surface area contributed by atoms with Crippen LogP contribution in [0, 0.1) is 0 Å². The summed E-state index contributed by atoms with van der Waals surface area (Å²) in [6, 6.07) is 90.3. The van der Waals surface area contributed by atoms with E-state index in [1.165, 1.54) is 101 Å². The van der Waals surface area contributed by atoms with Gasteiger partial charge in [-0.2, -0.15) is 0 Å². The molecule has 11 aromatic carbocycles. The first-order valence-corrected chi connectivity index (χ1v) is 25.3. The Labute approximate surface area is 407 Å². The summed E-state index contributed by atoms with van der Waals surface area (Å²) in [7, 11) is 0. The fraction of sp³-hybridized carbons (Fsp3) is 0.0154. The van der Waals surface area contributed by atoms with E-state index in [4.69, 9.17) is 0 Å². The largest absolute Gasteiger partial charge is 0.310 e. The highest BCUT2D eigenvalue weighted by atomic mass is 32.1. The Bertz CT molecular complexity index is 4120. The van der Waals surface area contributed by atoms with Gasteiger partial charge in [0.05, 0.1) is 15.8 Å². The lowest BCUT2D eigenvalue weighted by Gasteiger charge is -2.32. The first-order chi connectivity index (χ1) is 34.3. The van der Waals surface area contributed by atoms with Crippen molar-refractivity contribution in [1.29, 1.82) is 0 Å². The van der Waals surface area contributed by atoms with Gasteiger partial charge in [0.15, 0.2) is 0 Å². The molecule has 13 aromatic rings. The number of nitrogens with zero attached hydrogens (tertiary/aromatic N) is 2. The van der Waals surface area contributed by atoms with Gasteiger partial charge in [0.2, 0.25) is 0 Å². The average Bonchev–Trinajstić information content (AvgIpc) is 4.15. The van der Waals surface area contributed by atoms with E-state index in [0.717, 1.165) is 28.4 Å². The zero-order valence-corrected chi connectivity index (χ0v) is 38.9. The first-order valence-electron chi connectivity index (χ1n) is 23.7. The number of anilines is 6. The number of rotatable bonds is 6. The lowest BCUT2D eigenvalue weighted by molar-refractivity contribution is 0.796. The Morgan fingerprint density at radius 2 is 0.855 bits per heavy atom. The zero-order chi connectivity index (χ0) is 45.2. The second-order valence-corrected chi connectivity index (χ2v) is 20.4. The van der Waals surface area contributed by atoms with E-state index in [0.29, 0.717) is 0 Å². The van der Waals surface area contributed by atoms with Gasteiger partial charge in [-0.15, -0.1) is 22.7 Å². The quantitative estimate of drug-likeness (QED) is 0.164. The third kappa shape index (κ3) is 5.41. The van der Waals surface area contributed by atoms with E-state index in [9.17, 15) is 0 Å². The maximum Gasteiger partial charge on any atom is 0.0726 e. The molecule has 2 aliphatic rings. The van der Waals surface area contributed by atoms with Gasteiger partial charge in [-0.1, -0.05) is 164 Å². The second kappa shape index (κ2) is 14.9. The van der Waals surface area contributed by atoms with Crippen LogP contribution in [0.5, 0.6) is 0 Å². The van der Waals surface area contributed by atoms with Crippen molar-refractivity contribution in [2.75, 3.05) is 9.80 Å². The van der Waals surface area contributed by atoms with Gasteiger partial charge in [-0.05, 0) is 134 Å². The minimum atomic E-state index is -0.606. The summed E-state index contributed by atoms with van der Waals surface area (Å²) in [6.07, 6.45) is 0. The van der Waals surface area contributed by atoms with Gasteiger partial charge in [0.1, 0.15) is 0 Å². The van der Waals surface area contributed by atoms with E-state index in [2.05, 4.69) is 252 Å². The lowest BCUT2D eigenvalue weighted by atomic mass is 9.70. The molecule has 1 atom stereocenters. The smallest absolute Gasteiger partial charge is 0.0726 e. The van der Waals surface area contributed by atoms with Crippen LogP contribution in [-0.2, 0) is 5.41 Å². The van der Waals surface area contributed by atoms with Crippen LogP contribution in [0.25, 0.3) is 73.4 Å². The van der Waals surface area contributed by atoms with Crippen LogP contribution in [-0.4, -0.2) is 0 Å². The van der Waals surface area contributed by atoms with Gasteiger partial charge in [0.25, 0.3) is 0 Å². The monoisotopic (exact) mass is 912 g/mol. The van der Waals surface area contributed by atoms with Crippen LogP contribution in [0.15, 0.2) is 243 Å². The SMILES string of the molecule is c1ccc(N(c2ccccc2)c2ccc3c(c2)sc2c(N(c4ccccc4)c4ccccc4)cc4c(c23)-c2c(ccc3sc5ccccc5c23)C42c3ccccc3-c3c2ccc2ccccc32)cc1. The molecule has 2 nitrogen and oxygen atoms in total. The fourth-order valence-corrected chi connectivity index (χ4v) is 14.5. The van der Waals surface area contributed by atoms with Gasteiger partial charge < -0.3 is 9.80 Å². The molecule has 0 fully saturated rings. The molecule has 0 amide bonds. The van der Waals surface area contributed by atoms with Crippen molar-refractivity contribution in [2.45, 2.75) is 5.41 Å². The minimum absolute atomic E-state index is 0.606. The molecule has 0 saturated heterocycles. The van der Waals surface area contributed by atoms with Gasteiger partial charge >= 0.3 is 0 Å². The molecule has 0 aliphatic heterocycles. The van der Waals surface area contributed by atoms with Gasteiger partial charge in [-0.3, -0.25) is 0 Å². The number of para-hydroxylation sites is 4. The highest BCUT2D eigenvalue weighted by Gasteiger charge is 2.54. The van der Waals surface area contributed by atoms with Crippen molar-refractivity contribution >= 4 is 108 Å². The van der Waals surface area contributed by atoms with Gasteiger partial charge in [0, 0.05) is 64.1 Å². The van der Waals surface area contributed by atoms with Crippen molar-refractivity contribution in [2.24, 2.45) is 0 Å². The standard InChI is InChI=1S/C65H40N2S2/c1-5-20-42(21-6-1)66(43-22-7-2-8-23-43)46-34-35-50-58(39-46)69-64-55(67(44-24-9-3-10-25-44)45-26-11-4-12-27-45)40-54-63(61(50)64)62-53(37-38-57-60(62)49-30-16-18-32-56(49)68-57)65(54)51-31-17-15-29-48(51)59-47-28-14-13-19-41(47)33-36-52(59)65/h1-40H. The second-order valence-electron chi connectivity index (χ2n) is 18.3. The molecule has 2 aliphatic carbocycles. The predicted octanol–water partition coefficient (Wildman–Crippen LogP) is 18.9. The van der Waals surface area contributed by atoms with E-state index in [1.807, 2.05) is 22.7 Å². The molecule has 0 radical (unpaired) electrons. The van der Waals surface area contributed by atoms with Crippen LogP contribution in [0.2, 0.25) is 0 Å². The zero-order valence-electron chi connectivity index (χ0n) is 37.3. The lowest BCUT2D eigenvalue weighted by Crippen LogP contribution is -2.26. The topological polar surface area (TPSA) is 6.48 Å². The summed E-state index contributed by atoms with van der Waals surface area (Å²) in [6.45, 7) is 0. The molecule has 4 heteroatoms. The maximum atomic E-state index is 2.61. The summed E-state index contributed by atoms with van der Waals surface area (Å²) in [5.41, 5.74) is 16.9. The highest BCUT2D eigenvalue weighted by Crippen LogP contribution is 2.68. The summed E-state index contributed by atoms with van der Waals surface area (Å²) in [5.74, 6) is 0. The normalized spacial score (nSPS) is 14.4. The summed E-state index contributed by atoms with van der Waals surface area (Å²) >= 11 is 3.83. The summed E-state index contributed by atoms with van der Waals surface area (Å²) in [5, 5.41) is 7.80. The number of hydrogen-bond acceptors (Lipinski definition) is 4. The molecule has 0 N–H and O–H groups in total. The third-order valence-electron chi connectivity index (χ3n) is 14.8. The molecule has 15 rings (SSSR count). The number of thiophene rings is 2.